The van der Waals surface area contributed by atoms with Crippen LogP contribution in [0.5, 0.6) is 0 Å². The first-order valence-corrected chi connectivity index (χ1v) is 8.27. The summed E-state index contributed by atoms with van der Waals surface area (Å²) in [6.07, 6.45) is 0. The van der Waals surface area contributed by atoms with Crippen LogP contribution in [0.25, 0.3) is 5.69 Å². The minimum atomic E-state index is -0.486. The van der Waals surface area contributed by atoms with Gasteiger partial charge in [0.05, 0.1) is 16.3 Å². The molecule has 1 aromatic heterocycles. The summed E-state index contributed by atoms with van der Waals surface area (Å²) >= 11 is 2.18. The molecule has 9 heteroatoms. The van der Waals surface area contributed by atoms with Crippen LogP contribution in [0, 0.1) is 20.6 Å². The number of amides is 1. The zero-order valence-electron chi connectivity index (χ0n) is 13.0. The van der Waals surface area contributed by atoms with E-state index >= 15 is 0 Å². The van der Waals surface area contributed by atoms with Crippen molar-refractivity contribution in [3.05, 3.63) is 73.6 Å². The van der Waals surface area contributed by atoms with E-state index in [1.165, 1.54) is 16.8 Å². The van der Waals surface area contributed by atoms with E-state index in [4.69, 9.17) is 0 Å². The van der Waals surface area contributed by atoms with E-state index in [1.54, 1.807) is 31.2 Å². The van der Waals surface area contributed by atoms with Gasteiger partial charge in [-0.1, -0.05) is 11.3 Å². The van der Waals surface area contributed by atoms with E-state index in [0.717, 1.165) is 3.57 Å². The third-order valence-corrected chi connectivity index (χ3v) is 4.22. The third-order valence-electron chi connectivity index (χ3n) is 3.50. The lowest BCUT2D eigenvalue weighted by Gasteiger charge is -2.05. The monoisotopic (exact) mass is 449 g/mol. The van der Waals surface area contributed by atoms with Gasteiger partial charge in [0, 0.05) is 21.4 Å². The lowest BCUT2D eigenvalue weighted by Crippen LogP contribution is -2.14. The number of hydrogen-bond donors (Lipinski definition) is 1. The number of rotatable bonds is 4. The second kappa shape index (κ2) is 6.97. The quantitative estimate of drug-likeness (QED) is 0.374. The van der Waals surface area contributed by atoms with Gasteiger partial charge in [0.25, 0.3) is 11.6 Å². The van der Waals surface area contributed by atoms with Crippen LogP contribution in [0.1, 0.15) is 16.2 Å². The molecule has 0 fully saturated rings. The van der Waals surface area contributed by atoms with Crippen LogP contribution in [0.15, 0.2) is 48.5 Å². The van der Waals surface area contributed by atoms with Crippen molar-refractivity contribution in [1.29, 1.82) is 0 Å². The highest BCUT2D eigenvalue weighted by molar-refractivity contribution is 14.1. The summed E-state index contributed by atoms with van der Waals surface area (Å²) in [6.45, 7) is 1.68. The summed E-state index contributed by atoms with van der Waals surface area (Å²) < 4.78 is 2.46. The molecule has 1 amide bonds. The van der Waals surface area contributed by atoms with Gasteiger partial charge >= 0.3 is 0 Å². The third kappa shape index (κ3) is 3.65. The zero-order valence-corrected chi connectivity index (χ0v) is 15.2. The molecule has 0 aliphatic rings. The lowest BCUT2D eigenvalue weighted by molar-refractivity contribution is -0.384. The fourth-order valence-corrected chi connectivity index (χ4v) is 2.61. The standard InChI is InChI=1S/C16H12IN5O3/c1-10-15(16(23)18-12-7-5-11(17)6-8-12)19-20-21(10)13-3-2-4-14(9-13)22(24)25/h2-9H,1H3,(H,18,23). The van der Waals surface area contributed by atoms with E-state index in [-0.39, 0.29) is 11.4 Å². The number of nitrogens with one attached hydrogen (secondary N) is 1. The van der Waals surface area contributed by atoms with E-state index in [2.05, 4.69) is 38.2 Å². The molecule has 1 N–H and O–H groups in total. The van der Waals surface area contributed by atoms with Crippen molar-refractivity contribution >= 4 is 39.9 Å². The molecule has 2 aromatic carbocycles. The van der Waals surface area contributed by atoms with Gasteiger partial charge in [-0.2, -0.15) is 0 Å². The molecular formula is C16H12IN5O3. The van der Waals surface area contributed by atoms with Crippen molar-refractivity contribution in [1.82, 2.24) is 15.0 Å². The van der Waals surface area contributed by atoms with Crippen LogP contribution in [-0.2, 0) is 0 Å². The Morgan fingerprint density at radius 1 is 1.24 bits per heavy atom. The van der Waals surface area contributed by atoms with Gasteiger partial charge in [-0.3, -0.25) is 14.9 Å². The minimum absolute atomic E-state index is 0.0581. The number of carbonyl (C=O) groups is 1. The predicted octanol–water partition coefficient (Wildman–Crippen LogP) is 3.34. The van der Waals surface area contributed by atoms with Gasteiger partial charge in [-0.15, -0.1) is 5.10 Å². The maximum Gasteiger partial charge on any atom is 0.278 e. The molecule has 0 aliphatic carbocycles. The summed E-state index contributed by atoms with van der Waals surface area (Å²) in [5.74, 6) is -0.393. The molecule has 3 aromatic rings. The van der Waals surface area contributed by atoms with Crippen molar-refractivity contribution in [2.75, 3.05) is 5.32 Å². The van der Waals surface area contributed by atoms with Crippen LogP contribution < -0.4 is 5.32 Å². The Morgan fingerprint density at radius 3 is 2.64 bits per heavy atom. The van der Waals surface area contributed by atoms with E-state index in [9.17, 15) is 14.9 Å². The Morgan fingerprint density at radius 2 is 1.96 bits per heavy atom. The van der Waals surface area contributed by atoms with Crippen molar-refractivity contribution in [3.63, 3.8) is 0 Å². The summed E-state index contributed by atoms with van der Waals surface area (Å²) in [7, 11) is 0. The van der Waals surface area contributed by atoms with Crippen molar-refractivity contribution < 1.29 is 9.72 Å². The van der Waals surface area contributed by atoms with E-state index < -0.39 is 10.8 Å². The fraction of sp³-hybridized carbons (Fsp3) is 0.0625. The highest BCUT2D eigenvalue weighted by Gasteiger charge is 2.18. The van der Waals surface area contributed by atoms with E-state index in [1.807, 2.05) is 12.1 Å². The Balaban J connectivity index is 1.88. The number of nitro groups is 1. The van der Waals surface area contributed by atoms with Crippen LogP contribution in [0.3, 0.4) is 0 Å². The molecule has 0 atom stereocenters. The summed E-state index contributed by atoms with van der Waals surface area (Å²) in [5.41, 5.74) is 1.70. The summed E-state index contributed by atoms with van der Waals surface area (Å²) in [6, 6.07) is 13.3. The van der Waals surface area contributed by atoms with Gasteiger partial charge < -0.3 is 5.32 Å². The molecule has 25 heavy (non-hydrogen) atoms. The molecule has 0 unspecified atom stereocenters. The number of anilines is 1. The molecule has 1 heterocycles. The smallest absolute Gasteiger partial charge is 0.278 e. The van der Waals surface area contributed by atoms with E-state index in [0.29, 0.717) is 17.1 Å². The summed E-state index contributed by atoms with van der Waals surface area (Å²) in [5, 5.41) is 21.5. The van der Waals surface area contributed by atoms with Gasteiger partial charge in [0.2, 0.25) is 0 Å². The van der Waals surface area contributed by atoms with Gasteiger partial charge in [0.1, 0.15) is 0 Å². The van der Waals surface area contributed by atoms with Crippen LogP contribution in [0.4, 0.5) is 11.4 Å². The first kappa shape index (κ1) is 17.0. The fourth-order valence-electron chi connectivity index (χ4n) is 2.25. The first-order valence-electron chi connectivity index (χ1n) is 7.20. The molecule has 126 valence electrons. The predicted molar refractivity (Wildman–Crippen MR) is 99.9 cm³/mol. The molecule has 0 bridgehead atoms. The highest BCUT2D eigenvalue weighted by Crippen LogP contribution is 2.19. The largest absolute Gasteiger partial charge is 0.321 e. The molecule has 3 rings (SSSR count). The Hall–Kier alpha value is -2.82. The maximum absolute atomic E-state index is 12.4. The normalized spacial score (nSPS) is 10.5. The molecule has 0 saturated carbocycles. The van der Waals surface area contributed by atoms with Gasteiger partial charge in [-0.25, -0.2) is 4.68 Å². The Kier molecular flexibility index (Phi) is 4.74. The second-order valence-electron chi connectivity index (χ2n) is 5.17. The number of hydrogen-bond acceptors (Lipinski definition) is 5. The van der Waals surface area contributed by atoms with Crippen LogP contribution >= 0.6 is 22.6 Å². The highest BCUT2D eigenvalue weighted by atomic mass is 127. The Labute approximate surface area is 156 Å². The van der Waals surface area contributed by atoms with Gasteiger partial charge in [-0.05, 0) is 59.8 Å². The first-order chi connectivity index (χ1) is 12.0. The maximum atomic E-state index is 12.4. The van der Waals surface area contributed by atoms with Crippen LogP contribution in [-0.4, -0.2) is 25.8 Å². The molecule has 0 saturated heterocycles. The summed E-state index contributed by atoms with van der Waals surface area (Å²) in [4.78, 5) is 22.8. The molecular weight excluding hydrogens is 437 g/mol. The molecule has 0 radical (unpaired) electrons. The number of aromatic nitrogens is 3. The number of non-ortho nitro benzene ring substituents is 1. The number of benzene rings is 2. The lowest BCUT2D eigenvalue weighted by atomic mass is 10.2. The number of nitrogens with zero attached hydrogens (tertiary/aromatic N) is 4. The van der Waals surface area contributed by atoms with Crippen molar-refractivity contribution in [2.24, 2.45) is 0 Å². The zero-order chi connectivity index (χ0) is 18.0. The molecule has 0 spiro atoms. The van der Waals surface area contributed by atoms with Crippen LogP contribution in [0.2, 0.25) is 0 Å². The average molecular weight is 449 g/mol. The average Bonchev–Trinajstić information content (AvgIpc) is 2.98. The minimum Gasteiger partial charge on any atom is -0.321 e. The van der Waals surface area contributed by atoms with Crippen molar-refractivity contribution in [2.45, 2.75) is 6.92 Å². The Bertz CT molecular complexity index is 953. The number of nitro benzene ring substituents is 1. The number of carbonyl (C=O) groups excluding carboxylic acids is 1. The topological polar surface area (TPSA) is 103 Å². The second-order valence-corrected chi connectivity index (χ2v) is 6.42. The molecule has 0 aliphatic heterocycles. The SMILES string of the molecule is Cc1c(C(=O)Nc2ccc(I)cc2)nnn1-c1cccc([N+](=O)[O-])c1. The number of halogens is 1. The molecule has 8 nitrogen and oxygen atoms in total. The van der Waals surface area contributed by atoms with Crippen molar-refractivity contribution in [3.8, 4) is 5.69 Å². The van der Waals surface area contributed by atoms with Gasteiger partial charge in [0.15, 0.2) is 5.69 Å².